The lowest BCUT2D eigenvalue weighted by molar-refractivity contribution is 0.403. The Bertz CT molecular complexity index is 683. The highest BCUT2D eigenvalue weighted by Gasteiger charge is 2.20. The highest BCUT2D eigenvalue weighted by atomic mass is 19.1. The van der Waals surface area contributed by atoms with Crippen LogP contribution in [0.2, 0.25) is 0 Å². The number of benzene rings is 2. The summed E-state index contributed by atoms with van der Waals surface area (Å²) < 4.78 is 32.8. The lowest BCUT2D eigenvalue weighted by Crippen LogP contribution is -2.16. The van der Waals surface area contributed by atoms with Crippen LogP contribution >= 0.6 is 0 Å². The van der Waals surface area contributed by atoms with Gasteiger partial charge in [0.15, 0.2) is 0 Å². The number of nitrogens with two attached hydrogens (primary N) is 1. The molecule has 0 aliphatic carbocycles. The number of methoxy groups -OCH3 is 1. The summed E-state index contributed by atoms with van der Waals surface area (Å²) in [4.78, 5) is 0. The van der Waals surface area contributed by atoms with Gasteiger partial charge in [-0.05, 0) is 43.5 Å². The number of aryl methyl sites for hydroxylation is 2. The van der Waals surface area contributed by atoms with E-state index in [1.807, 2.05) is 26.0 Å². The molecule has 0 aliphatic rings. The number of hydrogen-bond donors (Lipinski definition) is 1. The van der Waals surface area contributed by atoms with Crippen molar-refractivity contribution in [2.75, 3.05) is 7.11 Å². The van der Waals surface area contributed by atoms with Crippen molar-refractivity contribution in [2.45, 2.75) is 26.8 Å². The average molecular weight is 291 g/mol. The van der Waals surface area contributed by atoms with Crippen molar-refractivity contribution < 1.29 is 13.5 Å². The third-order valence-electron chi connectivity index (χ3n) is 3.86. The minimum absolute atomic E-state index is 0.260. The van der Waals surface area contributed by atoms with E-state index in [0.29, 0.717) is 16.9 Å². The van der Waals surface area contributed by atoms with Crippen molar-refractivity contribution in [1.29, 1.82) is 0 Å². The topological polar surface area (TPSA) is 35.2 Å². The lowest BCUT2D eigenvalue weighted by Gasteiger charge is -2.20. The molecule has 1 unspecified atom stereocenters. The monoisotopic (exact) mass is 291 g/mol. The van der Waals surface area contributed by atoms with Crippen molar-refractivity contribution >= 4 is 0 Å². The molecule has 0 fully saturated rings. The van der Waals surface area contributed by atoms with Gasteiger partial charge in [0.1, 0.15) is 17.4 Å². The third kappa shape index (κ3) is 2.76. The Kier molecular flexibility index (Phi) is 4.28. The number of halogens is 2. The first-order chi connectivity index (χ1) is 9.86. The van der Waals surface area contributed by atoms with E-state index in [0.717, 1.165) is 17.2 Å². The van der Waals surface area contributed by atoms with Gasteiger partial charge in [0.05, 0.1) is 13.2 Å². The zero-order valence-electron chi connectivity index (χ0n) is 12.6. The second kappa shape index (κ2) is 5.82. The summed E-state index contributed by atoms with van der Waals surface area (Å²) in [5.41, 5.74) is 9.53. The molecule has 0 amide bonds. The van der Waals surface area contributed by atoms with Crippen LogP contribution in [0.4, 0.5) is 8.78 Å². The summed E-state index contributed by atoms with van der Waals surface area (Å²) in [5.74, 6) is -0.578. The first kappa shape index (κ1) is 15.4. The van der Waals surface area contributed by atoms with Crippen LogP contribution < -0.4 is 10.5 Å². The maximum atomic E-state index is 14.0. The van der Waals surface area contributed by atoms with Gasteiger partial charge in [0.2, 0.25) is 0 Å². The molecule has 0 saturated carbocycles. The van der Waals surface area contributed by atoms with E-state index in [1.165, 1.54) is 6.07 Å². The van der Waals surface area contributed by atoms with E-state index in [9.17, 15) is 8.78 Å². The average Bonchev–Trinajstić information content (AvgIpc) is 2.45. The Balaban J connectivity index is 2.57. The van der Waals surface area contributed by atoms with Gasteiger partial charge in [-0.15, -0.1) is 0 Å². The molecule has 112 valence electrons. The number of ether oxygens (including phenoxy) is 1. The van der Waals surface area contributed by atoms with Gasteiger partial charge < -0.3 is 10.5 Å². The molecule has 2 aromatic rings. The molecule has 21 heavy (non-hydrogen) atoms. The smallest absolute Gasteiger partial charge is 0.131 e. The van der Waals surface area contributed by atoms with Crippen LogP contribution in [0.3, 0.4) is 0 Å². The van der Waals surface area contributed by atoms with Gasteiger partial charge in [-0.25, -0.2) is 8.78 Å². The van der Waals surface area contributed by atoms with Crippen LogP contribution in [-0.4, -0.2) is 7.11 Å². The van der Waals surface area contributed by atoms with Crippen molar-refractivity contribution in [3.63, 3.8) is 0 Å². The molecule has 0 saturated heterocycles. The molecule has 2 aromatic carbocycles. The fourth-order valence-electron chi connectivity index (χ4n) is 2.41. The van der Waals surface area contributed by atoms with E-state index in [4.69, 9.17) is 10.5 Å². The second-order valence-corrected chi connectivity index (χ2v) is 5.23. The summed E-state index contributed by atoms with van der Waals surface area (Å²) in [5, 5.41) is 0. The van der Waals surface area contributed by atoms with E-state index < -0.39 is 17.7 Å². The molecule has 4 heteroatoms. The summed E-state index contributed by atoms with van der Waals surface area (Å²) in [6.07, 6.45) is 0. The summed E-state index contributed by atoms with van der Waals surface area (Å²) in [6, 6.07) is 5.35. The van der Waals surface area contributed by atoms with Crippen molar-refractivity contribution in [3.8, 4) is 5.75 Å². The highest BCUT2D eigenvalue weighted by molar-refractivity contribution is 5.49. The Hall–Kier alpha value is -1.94. The van der Waals surface area contributed by atoms with Crippen molar-refractivity contribution in [2.24, 2.45) is 5.73 Å². The highest BCUT2D eigenvalue weighted by Crippen LogP contribution is 2.34. The quantitative estimate of drug-likeness (QED) is 0.929. The van der Waals surface area contributed by atoms with Crippen LogP contribution in [0.15, 0.2) is 24.3 Å². The van der Waals surface area contributed by atoms with Gasteiger partial charge in [0, 0.05) is 17.2 Å². The molecular weight excluding hydrogens is 272 g/mol. The Labute approximate surface area is 123 Å². The van der Waals surface area contributed by atoms with Gasteiger partial charge >= 0.3 is 0 Å². The molecule has 2 N–H and O–H groups in total. The maximum absolute atomic E-state index is 14.0. The zero-order chi connectivity index (χ0) is 15.7. The van der Waals surface area contributed by atoms with Crippen molar-refractivity contribution in [3.05, 3.63) is 63.7 Å². The fourth-order valence-corrected chi connectivity index (χ4v) is 2.41. The number of rotatable bonds is 3. The molecule has 1 atom stereocenters. The largest absolute Gasteiger partial charge is 0.496 e. The fraction of sp³-hybridized carbons (Fsp3) is 0.294. The molecule has 0 heterocycles. The Morgan fingerprint density at radius 3 is 2.24 bits per heavy atom. The minimum Gasteiger partial charge on any atom is -0.496 e. The zero-order valence-corrected chi connectivity index (χ0v) is 12.6. The van der Waals surface area contributed by atoms with E-state index in [2.05, 4.69) is 0 Å². The summed E-state index contributed by atoms with van der Waals surface area (Å²) >= 11 is 0. The SMILES string of the molecule is COc1c(C(N)c2cc(C)c(F)cc2F)ccc(C)c1C. The molecule has 0 radical (unpaired) electrons. The molecule has 0 bridgehead atoms. The van der Waals surface area contributed by atoms with Crippen LogP contribution in [0, 0.1) is 32.4 Å². The van der Waals surface area contributed by atoms with Crippen LogP contribution in [-0.2, 0) is 0 Å². The second-order valence-electron chi connectivity index (χ2n) is 5.23. The third-order valence-corrected chi connectivity index (χ3v) is 3.86. The molecule has 0 spiro atoms. The Morgan fingerprint density at radius 1 is 0.952 bits per heavy atom. The lowest BCUT2D eigenvalue weighted by atomic mass is 9.93. The first-order valence-corrected chi connectivity index (χ1v) is 6.72. The normalized spacial score (nSPS) is 12.3. The van der Waals surface area contributed by atoms with Crippen LogP contribution in [0.5, 0.6) is 5.75 Å². The van der Waals surface area contributed by atoms with Crippen molar-refractivity contribution in [1.82, 2.24) is 0 Å². The van der Waals surface area contributed by atoms with Gasteiger partial charge in [-0.2, -0.15) is 0 Å². The van der Waals surface area contributed by atoms with Crippen LogP contribution in [0.1, 0.15) is 33.9 Å². The molecule has 0 aromatic heterocycles. The number of hydrogen-bond acceptors (Lipinski definition) is 2. The van der Waals surface area contributed by atoms with Gasteiger partial charge in [0.25, 0.3) is 0 Å². The van der Waals surface area contributed by atoms with Crippen LogP contribution in [0.25, 0.3) is 0 Å². The van der Waals surface area contributed by atoms with Gasteiger partial charge in [-0.3, -0.25) is 0 Å². The summed E-state index contributed by atoms with van der Waals surface area (Å²) in [7, 11) is 1.56. The maximum Gasteiger partial charge on any atom is 0.131 e. The molecular formula is C17H19F2NO. The van der Waals surface area contributed by atoms with E-state index >= 15 is 0 Å². The molecule has 2 nitrogen and oxygen atoms in total. The van der Waals surface area contributed by atoms with E-state index in [-0.39, 0.29) is 5.56 Å². The summed E-state index contributed by atoms with van der Waals surface area (Å²) in [6.45, 7) is 5.48. The Morgan fingerprint density at radius 2 is 1.62 bits per heavy atom. The first-order valence-electron chi connectivity index (χ1n) is 6.72. The van der Waals surface area contributed by atoms with E-state index in [1.54, 1.807) is 14.0 Å². The van der Waals surface area contributed by atoms with Gasteiger partial charge in [-0.1, -0.05) is 12.1 Å². The predicted molar refractivity (Wildman–Crippen MR) is 79.6 cm³/mol. The molecule has 0 aliphatic heterocycles. The minimum atomic E-state index is -0.710. The predicted octanol–water partition coefficient (Wildman–Crippen LogP) is 3.95. The molecule has 2 rings (SSSR count). The standard InChI is InChI=1S/C17H19F2NO/c1-9-5-6-12(17(21-4)11(9)3)16(20)13-7-10(2)14(18)8-15(13)19/h5-8,16H,20H2,1-4H3.